The summed E-state index contributed by atoms with van der Waals surface area (Å²) in [4.78, 5) is 0. The third-order valence-corrected chi connectivity index (χ3v) is 2.25. The minimum Gasteiger partial charge on any atom is -0.326 e. The van der Waals surface area contributed by atoms with Crippen molar-refractivity contribution in [2.45, 2.75) is 6.54 Å². The molecule has 2 nitrogen and oxygen atoms in total. The highest BCUT2D eigenvalue weighted by Crippen LogP contribution is 2.21. The summed E-state index contributed by atoms with van der Waals surface area (Å²) in [7, 11) is 0. The second-order valence-electron chi connectivity index (χ2n) is 2.20. The minimum absolute atomic E-state index is 0.0265. The predicted molar refractivity (Wildman–Crippen MR) is 46.7 cm³/mol. The van der Waals surface area contributed by atoms with Crippen molar-refractivity contribution in [3.8, 4) is 6.07 Å². The lowest BCUT2D eigenvalue weighted by atomic mass is 10.1. The maximum Gasteiger partial charge on any atom is 0.146 e. The molecule has 1 aromatic carbocycles. The van der Waals surface area contributed by atoms with E-state index >= 15 is 0 Å². The molecule has 12 heavy (non-hydrogen) atoms. The molecular weight excluding hydrogens is 223 g/mol. The Morgan fingerprint density at radius 3 is 2.75 bits per heavy atom. The number of rotatable bonds is 1. The van der Waals surface area contributed by atoms with Gasteiger partial charge in [-0.1, -0.05) is 15.9 Å². The number of benzene rings is 1. The molecule has 0 atom stereocenters. The van der Waals surface area contributed by atoms with Crippen molar-refractivity contribution >= 4 is 15.9 Å². The fourth-order valence-electron chi connectivity index (χ4n) is 0.871. The maximum atomic E-state index is 13.2. The molecule has 1 rings (SSSR count). The van der Waals surface area contributed by atoms with E-state index in [0.29, 0.717) is 10.0 Å². The van der Waals surface area contributed by atoms with E-state index in [0.717, 1.165) is 0 Å². The van der Waals surface area contributed by atoms with Crippen LogP contribution in [0, 0.1) is 17.1 Å². The summed E-state index contributed by atoms with van der Waals surface area (Å²) < 4.78 is 13.8. The third kappa shape index (κ3) is 1.47. The summed E-state index contributed by atoms with van der Waals surface area (Å²) >= 11 is 3.14. The molecule has 0 radical (unpaired) electrons. The smallest absolute Gasteiger partial charge is 0.146 e. The van der Waals surface area contributed by atoms with Crippen LogP contribution in [0.5, 0.6) is 0 Å². The van der Waals surface area contributed by atoms with Crippen LogP contribution in [0.3, 0.4) is 0 Å². The van der Waals surface area contributed by atoms with E-state index in [2.05, 4.69) is 15.9 Å². The summed E-state index contributed by atoms with van der Waals surface area (Å²) in [5.74, 6) is -0.533. The van der Waals surface area contributed by atoms with Crippen molar-refractivity contribution < 1.29 is 4.39 Å². The Morgan fingerprint density at radius 2 is 2.25 bits per heavy atom. The van der Waals surface area contributed by atoms with Crippen LogP contribution in [0.4, 0.5) is 4.39 Å². The van der Waals surface area contributed by atoms with Gasteiger partial charge in [0.05, 0.1) is 5.56 Å². The molecule has 62 valence electrons. The molecule has 1 aromatic rings. The molecule has 0 aliphatic heterocycles. The SMILES string of the molecule is N#Cc1ccc(Br)c(CN)c1F. The molecule has 0 saturated carbocycles. The number of nitrogens with two attached hydrogens (primary N) is 1. The van der Waals surface area contributed by atoms with Gasteiger partial charge in [0, 0.05) is 16.6 Å². The zero-order valence-corrected chi connectivity index (χ0v) is 7.73. The predicted octanol–water partition coefficient (Wildman–Crippen LogP) is 1.92. The number of hydrogen-bond donors (Lipinski definition) is 1. The number of nitrogens with zero attached hydrogens (tertiary/aromatic N) is 1. The van der Waals surface area contributed by atoms with Crippen molar-refractivity contribution in [2.75, 3.05) is 0 Å². The molecule has 0 heterocycles. The highest BCUT2D eigenvalue weighted by Gasteiger charge is 2.09. The second-order valence-corrected chi connectivity index (χ2v) is 3.06. The molecule has 0 amide bonds. The van der Waals surface area contributed by atoms with E-state index in [1.807, 2.05) is 0 Å². The van der Waals surface area contributed by atoms with Crippen LogP contribution in [-0.4, -0.2) is 0 Å². The van der Waals surface area contributed by atoms with E-state index < -0.39 is 5.82 Å². The lowest BCUT2D eigenvalue weighted by molar-refractivity contribution is 0.605. The van der Waals surface area contributed by atoms with Crippen LogP contribution >= 0.6 is 15.9 Å². The van der Waals surface area contributed by atoms with E-state index in [1.54, 1.807) is 12.1 Å². The Balaban J connectivity index is 3.36. The molecule has 0 aromatic heterocycles. The summed E-state index contributed by atoms with van der Waals surface area (Å²) in [6.07, 6.45) is 0. The number of hydrogen-bond acceptors (Lipinski definition) is 2. The van der Waals surface area contributed by atoms with Gasteiger partial charge in [0.2, 0.25) is 0 Å². The van der Waals surface area contributed by atoms with E-state index in [-0.39, 0.29) is 12.1 Å². The van der Waals surface area contributed by atoms with Crippen LogP contribution in [0.1, 0.15) is 11.1 Å². The van der Waals surface area contributed by atoms with Crippen molar-refractivity contribution in [1.82, 2.24) is 0 Å². The Kier molecular flexibility index (Phi) is 2.79. The van der Waals surface area contributed by atoms with Crippen LogP contribution in [0.25, 0.3) is 0 Å². The lowest BCUT2D eigenvalue weighted by Gasteiger charge is -2.03. The molecule has 0 spiro atoms. The van der Waals surface area contributed by atoms with E-state index in [1.165, 1.54) is 6.07 Å². The Morgan fingerprint density at radius 1 is 1.58 bits per heavy atom. The van der Waals surface area contributed by atoms with E-state index in [4.69, 9.17) is 11.0 Å². The molecule has 4 heteroatoms. The maximum absolute atomic E-state index is 13.2. The van der Waals surface area contributed by atoms with Crippen LogP contribution in [0.15, 0.2) is 16.6 Å². The van der Waals surface area contributed by atoms with Gasteiger partial charge >= 0.3 is 0 Å². The molecule has 0 bridgehead atoms. The normalized spacial score (nSPS) is 9.50. The van der Waals surface area contributed by atoms with Crippen molar-refractivity contribution in [2.24, 2.45) is 5.73 Å². The topological polar surface area (TPSA) is 49.8 Å². The first-order valence-corrected chi connectivity index (χ1v) is 4.07. The zero-order chi connectivity index (χ0) is 9.14. The lowest BCUT2D eigenvalue weighted by Crippen LogP contribution is -2.02. The fraction of sp³-hybridized carbons (Fsp3) is 0.125. The number of nitriles is 1. The molecule has 0 saturated heterocycles. The third-order valence-electron chi connectivity index (χ3n) is 1.51. The van der Waals surface area contributed by atoms with Gasteiger partial charge in [-0.15, -0.1) is 0 Å². The van der Waals surface area contributed by atoms with Crippen LogP contribution in [0.2, 0.25) is 0 Å². The molecule has 0 unspecified atom stereocenters. The highest BCUT2D eigenvalue weighted by atomic mass is 79.9. The molecule has 0 fully saturated rings. The summed E-state index contributed by atoms with van der Waals surface area (Å²) in [6, 6.07) is 4.78. The van der Waals surface area contributed by atoms with Gasteiger partial charge in [-0.05, 0) is 12.1 Å². The average molecular weight is 229 g/mol. The van der Waals surface area contributed by atoms with Crippen LogP contribution < -0.4 is 5.73 Å². The average Bonchev–Trinajstić information content (AvgIpc) is 2.06. The van der Waals surface area contributed by atoms with Gasteiger partial charge in [0.15, 0.2) is 0 Å². The highest BCUT2D eigenvalue weighted by molar-refractivity contribution is 9.10. The molecule has 0 aliphatic carbocycles. The summed E-state index contributed by atoms with van der Waals surface area (Å²) in [5.41, 5.74) is 5.66. The number of halogens is 2. The quantitative estimate of drug-likeness (QED) is 0.799. The first-order chi connectivity index (χ1) is 5.70. The van der Waals surface area contributed by atoms with Crippen molar-refractivity contribution in [1.29, 1.82) is 5.26 Å². The summed E-state index contributed by atoms with van der Waals surface area (Å²) in [5, 5.41) is 8.48. The van der Waals surface area contributed by atoms with Gasteiger partial charge < -0.3 is 5.73 Å². The Hall–Kier alpha value is -0.920. The van der Waals surface area contributed by atoms with Crippen molar-refractivity contribution in [3.63, 3.8) is 0 Å². The second kappa shape index (κ2) is 3.65. The Bertz CT molecular complexity index is 344. The van der Waals surface area contributed by atoms with E-state index in [9.17, 15) is 4.39 Å². The van der Waals surface area contributed by atoms with Gasteiger partial charge in [-0.2, -0.15) is 5.26 Å². The van der Waals surface area contributed by atoms with Gasteiger partial charge in [0.1, 0.15) is 11.9 Å². The first-order valence-electron chi connectivity index (χ1n) is 3.27. The Labute approximate surface area is 77.9 Å². The van der Waals surface area contributed by atoms with Gasteiger partial charge in [0.25, 0.3) is 0 Å². The van der Waals surface area contributed by atoms with Crippen LogP contribution in [-0.2, 0) is 6.54 Å². The first kappa shape index (κ1) is 9.17. The fourth-order valence-corrected chi connectivity index (χ4v) is 1.34. The van der Waals surface area contributed by atoms with Crippen molar-refractivity contribution in [3.05, 3.63) is 33.5 Å². The molecule has 2 N–H and O–H groups in total. The monoisotopic (exact) mass is 228 g/mol. The molecule has 0 aliphatic rings. The summed E-state index contributed by atoms with van der Waals surface area (Å²) in [6.45, 7) is 0.0853. The molecular formula is C8H6BrFN2. The van der Waals surface area contributed by atoms with Gasteiger partial charge in [-0.25, -0.2) is 4.39 Å². The standard InChI is InChI=1S/C8H6BrFN2/c9-7-2-1-5(3-11)8(10)6(7)4-12/h1-2H,4,12H2. The zero-order valence-electron chi connectivity index (χ0n) is 6.14. The largest absolute Gasteiger partial charge is 0.326 e. The minimum atomic E-state index is -0.533. The van der Waals surface area contributed by atoms with Gasteiger partial charge in [-0.3, -0.25) is 0 Å².